The molecule has 452 valence electrons. The Hall–Kier alpha value is -3.15. The molecule has 0 heterocycles. The van der Waals surface area contributed by atoms with Crippen molar-refractivity contribution in [1.29, 1.82) is 0 Å². The molecule has 6 nitrogen and oxygen atoms in total. The number of carbonyl (C=O) groups is 3. The molecule has 1 unspecified atom stereocenters. The second-order valence-electron chi connectivity index (χ2n) is 22.7. The Bertz CT molecular complexity index is 1440. The summed E-state index contributed by atoms with van der Waals surface area (Å²) in [5.74, 6) is -0.883. The fourth-order valence-electron chi connectivity index (χ4n) is 9.76. The SMILES string of the molecule is CCCC/C=C\C/C=C\CCCCCCCC(=O)OCC(COC(=O)CCCCCCCCCCCCCCCC/C=C\C/C=C\C/C=C\CCCCCCC)OC(=O)CCCCCCCCC/C=C\CCCCCCCC. The molecule has 78 heavy (non-hydrogen) atoms. The van der Waals surface area contributed by atoms with Gasteiger partial charge in [-0.1, -0.05) is 293 Å². The highest BCUT2D eigenvalue weighted by atomic mass is 16.6. The van der Waals surface area contributed by atoms with Crippen LogP contribution in [0.5, 0.6) is 0 Å². The van der Waals surface area contributed by atoms with E-state index < -0.39 is 6.10 Å². The van der Waals surface area contributed by atoms with Gasteiger partial charge in [-0.25, -0.2) is 0 Å². The summed E-state index contributed by atoms with van der Waals surface area (Å²) in [6.45, 7) is 6.61. The van der Waals surface area contributed by atoms with Crippen LogP contribution in [-0.2, 0) is 28.6 Å². The largest absolute Gasteiger partial charge is 0.462 e. The van der Waals surface area contributed by atoms with Gasteiger partial charge in [0.15, 0.2) is 6.10 Å². The van der Waals surface area contributed by atoms with Crippen molar-refractivity contribution in [1.82, 2.24) is 0 Å². The van der Waals surface area contributed by atoms with Gasteiger partial charge in [0.1, 0.15) is 13.2 Å². The van der Waals surface area contributed by atoms with E-state index in [4.69, 9.17) is 14.2 Å². The summed E-state index contributed by atoms with van der Waals surface area (Å²) >= 11 is 0. The Morgan fingerprint density at radius 2 is 0.474 bits per heavy atom. The lowest BCUT2D eigenvalue weighted by Crippen LogP contribution is -2.30. The standard InChI is InChI=1S/C72H128O6/c1-4-7-10-13-16-19-22-25-28-30-31-32-33-34-35-36-37-38-39-40-41-43-44-47-50-53-56-59-62-65-71(74)77-68-69(67-76-70(73)64-61-58-55-52-49-46-27-24-21-18-15-12-9-6-3)78-72(75)66-63-60-57-54-51-48-45-42-29-26-23-20-17-14-11-8-5-2/h15,18,22,24-27,29-31,33-34,69H,4-14,16-17,19-21,23,28,32,35-68H2,1-3H3/b18-15-,25-22-,27-24-,29-26-,31-30-,34-33-. The van der Waals surface area contributed by atoms with E-state index >= 15 is 0 Å². The monoisotopic (exact) mass is 1090 g/mol. The number of hydrogen-bond acceptors (Lipinski definition) is 6. The van der Waals surface area contributed by atoms with E-state index in [1.807, 2.05) is 0 Å². The molecule has 0 saturated carbocycles. The van der Waals surface area contributed by atoms with E-state index in [9.17, 15) is 14.4 Å². The molecule has 0 radical (unpaired) electrons. The first kappa shape index (κ1) is 74.8. The van der Waals surface area contributed by atoms with Gasteiger partial charge in [0.2, 0.25) is 0 Å². The number of hydrogen-bond donors (Lipinski definition) is 0. The maximum atomic E-state index is 12.9. The highest BCUT2D eigenvalue weighted by Gasteiger charge is 2.19. The van der Waals surface area contributed by atoms with E-state index in [1.165, 1.54) is 218 Å². The molecule has 0 N–H and O–H groups in total. The summed E-state index contributed by atoms with van der Waals surface area (Å²) in [6.07, 6.45) is 86.3. The first-order chi connectivity index (χ1) is 38.5. The molecule has 0 bridgehead atoms. The van der Waals surface area contributed by atoms with Crippen LogP contribution in [0.15, 0.2) is 72.9 Å². The molecule has 0 aromatic carbocycles. The first-order valence-electron chi connectivity index (χ1n) is 33.9. The summed E-state index contributed by atoms with van der Waals surface area (Å²) in [4.78, 5) is 38.3. The molecule has 0 fully saturated rings. The molecular formula is C72H128O6. The summed E-state index contributed by atoms with van der Waals surface area (Å²) in [6, 6.07) is 0. The molecule has 1 atom stereocenters. The number of esters is 3. The predicted octanol–water partition coefficient (Wildman–Crippen LogP) is 23.3. The topological polar surface area (TPSA) is 78.9 Å². The van der Waals surface area contributed by atoms with Crippen molar-refractivity contribution in [3.05, 3.63) is 72.9 Å². The quantitative estimate of drug-likeness (QED) is 0.0261. The molecule has 0 aliphatic carbocycles. The summed E-state index contributed by atoms with van der Waals surface area (Å²) in [5, 5.41) is 0. The average Bonchev–Trinajstić information content (AvgIpc) is 3.44. The second-order valence-corrected chi connectivity index (χ2v) is 22.7. The number of allylic oxidation sites excluding steroid dienone is 12. The fraction of sp³-hybridized carbons (Fsp3) is 0.792. The highest BCUT2D eigenvalue weighted by molar-refractivity contribution is 5.71. The summed E-state index contributed by atoms with van der Waals surface area (Å²) in [7, 11) is 0. The normalized spacial score (nSPS) is 12.5. The second kappa shape index (κ2) is 66.4. The van der Waals surface area contributed by atoms with Crippen molar-refractivity contribution in [3.8, 4) is 0 Å². The highest BCUT2D eigenvalue weighted by Crippen LogP contribution is 2.17. The van der Waals surface area contributed by atoms with Crippen molar-refractivity contribution >= 4 is 17.9 Å². The van der Waals surface area contributed by atoms with Crippen molar-refractivity contribution < 1.29 is 28.6 Å². The third-order valence-electron chi connectivity index (χ3n) is 14.9. The zero-order chi connectivity index (χ0) is 56.4. The molecule has 0 spiro atoms. The van der Waals surface area contributed by atoms with Gasteiger partial charge in [-0.15, -0.1) is 0 Å². The summed E-state index contributed by atoms with van der Waals surface area (Å²) in [5.41, 5.74) is 0. The van der Waals surface area contributed by atoms with Crippen molar-refractivity contribution in [2.75, 3.05) is 13.2 Å². The van der Waals surface area contributed by atoms with Crippen LogP contribution < -0.4 is 0 Å². The van der Waals surface area contributed by atoms with Crippen molar-refractivity contribution in [2.45, 2.75) is 354 Å². The van der Waals surface area contributed by atoms with Crippen LogP contribution in [0.25, 0.3) is 0 Å². The van der Waals surface area contributed by atoms with Crippen LogP contribution in [0.4, 0.5) is 0 Å². The molecule has 0 amide bonds. The van der Waals surface area contributed by atoms with Crippen LogP contribution in [0.3, 0.4) is 0 Å². The maximum Gasteiger partial charge on any atom is 0.306 e. The zero-order valence-electron chi connectivity index (χ0n) is 51.9. The Morgan fingerprint density at radius 3 is 0.769 bits per heavy atom. The minimum Gasteiger partial charge on any atom is -0.462 e. The molecular weight excluding hydrogens is 961 g/mol. The Labute approximate surface area is 484 Å². The predicted molar refractivity (Wildman–Crippen MR) is 339 cm³/mol. The molecule has 0 aliphatic heterocycles. The van der Waals surface area contributed by atoms with Crippen LogP contribution in [0.1, 0.15) is 348 Å². The minimum atomic E-state index is -0.784. The molecule has 0 aromatic rings. The van der Waals surface area contributed by atoms with Crippen LogP contribution >= 0.6 is 0 Å². The number of unbranched alkanes of at least 4 members (excludes halogenated alkanes) is 39. The van der Waals surface area contributed by atoms with Crippen LogP contribution in [-0.4, -0.2) is 37.2 Å². The van der Waals surface area contributed by atoms with E-state index in [-0.39, 0.29) is 31.1 Å². The molecule has 0 saturated heterocycles. The molecule has 0 rings (SSSR count). The van der Waals surface area contributed by atoms with Gasteiger partial charge >= 0.3 is 17.9 Å². The van der Waals surface area contributed by atoms with Gasteiger partial charge < -0.3 is 14.2 Å². The van der Waals surface area contributed by atoms with E-state index in [1.54, 1.807) is 0 Å². The van der Waals surface area contributed by atoms with E-state index in [0.29, 0.717) is 19.3 Å². The Morgan fingerprint density at radius 1 is 0.256 bits per heavy atom. The first-order valence-corrected chi connectivity index (χ1v) is 33.9. The smallest absolute Gasteiger partial charge is 0.306 e. The lowest BCUT2D eigenvalue weighted by atomic mass is 10.0. The van der Waals surface area contributed by atoms with Crippen LogP contribution in [0, 0.1) is 0 Å². The summed E-state index contributed by atoms with van der Waals surface area (Å²) < 4.78 is 16.9. The third kappa shape index (κ3) is 63.7. The van der Waals surface area contributed by atoms with E-state index in [0.717, 1.165) is 89.9 Å². The lowest BCUT2D eigenvalue weighted by Gasteiger charge is -2.18. The zero-order valence-corrected chi connectivity index (χ0v) is 51.9. The Balaban J connectivity index is 4.25. The maximum absolute atomic E-state index is 12.9. The van der Waals surface area contributed by atoms with Gasteiger partial charge in [-0.2, -0.15) is 0 Å². The number of carbonyl (C=O) groups excluding carboxylic acids is 3. The number of ether oxygens (including phenoxy) is 3. The molecule has 0 aliphatic rings. The van der Waals surface area contributed by atoms with Crippen LogP contribution in [0.2, 0.25) is 0 Å². The van der Waals surface area contributed by atoms with E-state index in [2.05, 4.69) is 93.7 Å². The Kier molecular flexibility index (Phi) is 63.7. The van der Waals surface area contributed by atoms with Gasteiger partial charge in [0.25, 0.3) is 0 Å². The average molecular weight is 1090 g/mol. The van der Waals surface area contributed by atoms with Crippen molar-refractivity contribution in [2.24, 2.45) is 0 Å². The van der Waals surface area contributed by atoms with Gasteiger partial charge in [0.05, 0.1) is 0 Å². The lowest BCUT2D eigenvalue weighted by molar-refractivity contribution is -0.167. The fourth-order valence-corrected chi connectivity index (χ4v) is 9.76. The molecule has 0 aromatic heterocycles. The third-order valence-corrected chi connectivity index (χ3v) is 14.9. The van der Waals surface area contributed by atoms with Gasteiger partial charge in [-0.05, 0) is 109 Å². The molecule has 6 heteroatoms. The van der Waals surface area contributed by atoms with Gasteiger partial charge in [-0.3, -0.25) is 14.4 Å². The van der Waals surface area contributed by atoms with Gasteiger partial charge in [0, 0.05) is 19.3 Å². The van der Waals surface area contributed by atoms with Crippen molar-refractivity contribution in [3.63, 3.8) is 0 Å². The minimum absolute atomic E-state index is 0.0798. The number of rotatable bonds is 62.